The van der Waals surface area contributed by atoms with Crippen molar-refractivity contribution >= 4 is 29.0 Å². The fourth-order valence-electron chi connectivity index (χ4n) is 2.58. The van der Waals surface area contributed by atoms with Crippen molar-refractivity contribution in [3.63, 3.8) is 0 Å². The molecule has 0 aliphatic carbocycles. The Bertz CT molecular complexity index is 970. The molecule has 1 N–H and O–H groups in total. The van der Waals surface area contributed by atoms with E-state index in [1.54, 1.807) is 12.1 Å². The summed E-state index contributed by atoms with van der Waals surface area (Å²) < 4.78 is 1.23. The van der Waals surface area contributed by atoms with Crippen molar-refractivity contribution < 1.29 is 9.72 Å². The van der Waals surface area contributed by atoms with Gasteiger partial charge in [-0.25, -0.2) is 0 Å². The molecule has 26 heavy (non-hydrogen) atoms. The van der Waals surface area contributed by atoms with Crippen LogP contribution < -0.4 is 5.32 Å². The molecule has 0 saturated carbocycles. The lowest BCUT2D eigenvalue weighted by Crippen LogP contribution is -2.18. The molecule has 0 fully saturated rings. The molecule has 0 unspecified atom stereocenters. The molecule has 1 heterocycles. The van der Waals surface area contributed by atoms with Gasteiger partial charge in [0.25, 0.3) is 5.91 Å². The highest BCUT2D eigenvalue weighted by Gasteiger charge is 2.29. The van der Waals surface area contributed by atoms with Crippen LogP contribution in [0.1, 0.15) is 16.2 Å². The number of aryl methyl sites for hydroxylation is 2. The Kier molecular flexibility index (Phi) is 5.04. The first-order valence-corrected chi connectivity index (χ1v) is 8.60. The van der Waals surface area contributed by atoms with Crippen LogP contribution in [0.5, 0.6) is 0 Å². The third kappa shape index (κ3) is 3.60. The number of amides is 1. The van der Waals surface area contributed by atoms with E-state index in [9.17, 15) is 14.9 Å². The number of anilines is 1. The predicted molar refractivity (Wildman–Crippen MR) is 99.6 cm³/mol. The van der Waals surface area contributed by atoms with E-state index in [2.05, 4.69) is 10.4 Å². The minimum absolute atomic E-state index is 0.0768. The molecule has 1 aromatic heterocycles. The van der Waals surface area contributed by atoms with Crippen LogP contribution in [0.25, 0.3) is 0 Å². The zero-order valence-corrected chi connectivity index (χ0v) is 15.0. The lowest BCUT2D eigenvalue weighted by molar-refractivity contribution is -0.385. The van der Waals surface area contributed by atoms with Crippen LogP contribution in [-0.2, 0) is 7.05 Å². The number of hydrogen-bond acceptors (Lipinski definition) is 5. The van der Waals surface area contributed by atoms with Crippen molar-refractivity contribution in [3.8, 4) is 0 Å². The van der Waals surface area contributed by atoms with E-state index in [0.29, 0.717) is 5.69 Å². The van der Waals surface area contributed by atoms with Crippen LogP contribution in [0.15, 0.2) is 64.4 Å². The molecule has 2 aromatic carbocycles. The smallest absolute Gasteiger partial charge is 0.319 e. The fraction of sp³-hybridized carbons (Fsp3) is 0.111. The number of benzene rings is 2. The van der Waals surface area contributed by atoms with Crippen LogP contribution in [0, 0.1) is 17.0 Å². The molecule has 1 amide bonds. The van der Waals surface area contributed by atoms with Crippen molar-refractivity contribution in [2.45, 2.75) is 16.7 Å². The number of aromatic nitrogens is 2. The summed E-state index contributed by atoms with van der Waals surface area (Å²) in [6, 6.07) is 17.1. The summed E-state index contributed by atoms with van der Waals surface area (Å²) in [5.74, 6) is -0.569. The number of hydrogen-bond donors (Lipinski definition) is 1. The molecule has 0 aliphatic heterocycles. The zero-order chi connectivity index (χ0) is 18.7. The van der Waals surface area contributed by atoms with Gasteiger partial charge in [0.1, 0.15) is 5.69 Å². The van der Waals surface area contributed by atoms with Gasteiger partial charge in [0.2, 0.25) is 5.69 Å². The topological polar surface area (TPSA) is 90.1 Å². The number of rotatable bonds is 5. The van der Waals surface area contributed by atoms with E-state index in [1.807, 2.05) is 42.5 Å². The van der Waals surface area contributed by atoms with E-state index in [0.717, 1.165) is 9.79 Å². The molecular formula is C18H16N4O3S. The molecule has 3 aromatic rings. The van der Waals surface area contributed by atoms with Gasteiger partial charge in [-0.2, -0.15) is 5.10 Å². The average Bonchev–Trinajstić information content (AvgIpc) is 2.92. The molecule has 0 radical (unpaired) electrons. The third-order valence-electron chi connectivity index (χ3n) is 3.69. The molecule has 132 valence electrons. The SMILES string of the molecule is Cc1nn(C)c(C(=O)Nc2ccccc2Sc2ccccc2)c1[N+](=O)[O-]. The van der Waals surface area contributed by atoms with E-state index < -0.39 is 10.8 Å². The lowest BCUT2D eigenvalue weighted by Gasteiger charge is -2.10. The highest BCUT2D eigenvalue weighted by molar-refractivity contribution is 7.99. The predicted octanol–water partition coefficient (Wildman–Crippen LogP) is 4.04. The van der Waals surface area contributed by atoms with Crippen molar-refractivity contribution in [2.24, 2.45) is 7.05 Å². The minimum Gasteiger partial charge on any atom is -0.319 e. The number of carbonyl (C=O) groups is 1. The highest BCUT2D eigenvalue weighted by Crippen LogP contribution is 2.34. The van der Waals surface area contributed by atoms with Crippen LogP contribution in [0.2, 0.25) is 0 Å². The van der Waals surface area contributed by atoms with Crippen LogP contribution in [0.4, 0.5) is 11.4 Å². The van der Waals surface area contributed by atoms with Gasteiger partial charge in [0.15, 0.2) is 0 Å². The molecule has 0 bridgehead atoms. The molecule has 3 rings (SSSR count). The third-order valence-corrected chi connectivity index (χ3v) is 4.78. The number of para-hydroxylation sites is 1. The summed E-state index contributed by atoms with van der Waals surface area (Å²) in [5.41, 5.74) is 0.430. The first-order chi connectivity index (χ1) is 12.5. The van der Waals surface area contributed by atoms with Gasteiger partial charge in [-0.1, -0.05) is 42.1 Å². The summed E-state index contributed by atoms with van der Waals surface area (Å²) >= 11 is 1.50. The molecule has 0 spiro atoms. The van der Waals surface area contributed by atoms with Gasteiger partial charge in [0.05, 0.1) is 10.6 Å². The molecule has 8 heteroatoms. The van der Waals surface area contributed by atoms with Crippen molar-refractivity contribution in [3.05, 3.63) is 76.1 Å². The van der Waals surface area contributed by atoms with Crippen LogP contribution >= 0.6 is 11.8 Å². The second-order valence-corrected chi connectivity index (χ2v) is 6.64. The Morgan fingerprint density at radius 2 is 1.81 bits per heavy atom. The summed E-state index contributed by atoms with van der Waals surface area (Å²) in [6.45, 7) is 1.51. The quantitative estimate of drug-likeness (QED) is 0.542. The van der Waals surface area contributed by atoms with E-state index in [4.69, 9.17) is 0 Å². The van der Waals surface area contributed by atoms with Crippen molar-refractivity contribution in [1.29, 1.82) is 0 Å². The average molecular weight is 368 g/mol. The van der Waals surface area contributed by atoms with Crippen molar-refractivity contribution in [1.82, 2.24) is 9.78 Å². The number of nitrogens with zero attached hydrogens (tertiary/aromatic N) is 3. The van der Waals surface area contributed by atoms with Gasteiger partial charge < -0.3 is 5.32 Å². The Hall–Kier alpha value is -3.13. The van der Waals surface area contributed by atoms with Crippen LogP contribution in [0.3, 0.4) is 0 Å². The second-order valence-electron chi connectivity index (χ2n) is 5.53. The standard InChI is InChI=1S/C18H16N4O3S/c1-12-16(22(24)25)17(21(2)20-12)18(23)19-14-10-6-7-11-15(14)26-13-8-4-3-5-9-13/h3-11H,1-2H3,(H,19,23). The Labute approximate surface area is 154 Å². The maximum Gasteiger partial charge on any atom is 0.322 e. The first-order valence-electron chi connectivity index (χ1n) is 7.78. The molecule has 0 atom stereocenters. The van der Waals surface area contributed by atoms with E-state index in [1.165, 1.54) is 30.4 Å². The molecule has 7 nitrogen and oxygen atoms in total. The fourth-order valence-corrected chi connectivity index (χ4v) is 3.50. The first kappa shape index (κ1) is 17.7. The van der Waals surface area contributed by atoms with E-state index in [-0.39, 0.29) is 17.1 Å². The summed E-state index contributed by atoms with van der Waals surface area (Å²) in [6.07, 6.45) is 0. The number of carbonyl (C=O) groups excluding carboxylic acids is 1. The van der Waals surface area contributed by atoms with E-state index >= 15 is 0 Å². The largest absolute Gasteiger partial charge is 0.322 e. The van der Waals surface area contributed by atoms with Gasteiger partial charge in [-0.15, -0.1) is 0 Å². The molecule has 0 aliphatic rings. The number of nitrogens with one attached hydrogen (secondary N) is 1. The summed E-state index contributed by atoms with van der Waals surface area (Å²) in [4.78, 5) is 25.3. The second kappa shape index (κ2) is 7.40. The van der Waals surface area contributed by atoms with Gasteiger partial charge >= 0.3 is 5.69 Å². The summed E-state index contributed by atoms with van der Waals surface area (Å²) in [5, 5.41) is 18.1. The monoisotopic (exact) mass is 368 g/mol. The molecular weight excluding hydrogens is 352 g/mol. The van der Waals surface area contributed by atoms with Gasteiger partial charge in [0, 0.05) is 16.8 Å². The van der Waals surface area contributed by atoms with Crippen LogP contribution in [-0.4, -0.2) is 20.6 Å². The van der Waals surface area contributed by atoms with Gasteiger partial charge in [-0.05, 0) is 31.2 Å². The normalized spacial score (nSPS) is 10.5. The Balaban J connectivity index is 1.91. The van der Waals surface area contributed by atoms with Gasteiger partial charge in [-0.3, -0.25) is 19.6 Å². The highest BCUT2D eigenvalue weighted by atomic mass is 32.2. The Morgan fingerprint density at radius 1 is 1.15 bits per heavy atom. The Morgan fingerprint density at radius 3 is 2.50 bits per heavy atom. The molecule has 0 saturated heterocycles. The van der Waals surface area contributed by atoms with Crippen molar-refractivity contribution in [2.75, 3.05) is 5.32 Å². The minimum atomic E-state index is -0.581. The maximum atomic E-state index is 12.7. The number of nitro groups is 1. The zero-order valence-electron chi connectivity index (χ0n) is 14.2. The summed E-state index contributed by atoms with van der Waals surface area (Å²) in [7, 11) is 1.51. The lowest BCUT2D eigenvalue weighted by atomic mass is 10.2. The maximum absolute atomic E-state index is 12.7.